The first-order valence-electron chi connectivity index (χ1n) is 5.49. The third kappa shape index (κ3) is 6.23. The lowest BCUT2D eigenvalue weighted by molar-refractivity contribution is -0.118. The first kappa shape index (κ1) is 15.3. The zero-order valence-corrected chi connectivity index (χ0v) is 12.5. The maximum Gasteiger partial charge on any atom is 0.230 e. The summed E-state index contributed by atoms with van der Waals surface area (Å²) in [7, 11) is 0. The van der Waals surface area contributed by atoms with Gasteiger partial charge in [-0.2, -0.15) is 5.26 Å². The number of hydrogen-bond donors (Lipinski definition) is 1. The molecule has 0 radical (unpaired) electrons. The van der Waals surface area contributed by atoms with E-state index in [1.54, 1.807) is 11.8 Å². The van der Waals surface area contributed by atoms with Crippen molar-refractivity contribution in [3.8, 4) is 6.07 Å². The highest BCUT2D eigenvalue weighted by molar-refractivity contribution is 8.03. The molecule has 1 rings (SSSR count). The van der Waals surface area contributed by atoms with Gasteiger partial charge in [0.2, 0.25) is 5.91 Å². The number of nitriles is 1. The number of amides is 1. The molecule has 1 aromatic rings. The number of carbonyl (C=O) groups excluding carboxylic acids is 1. The van der Waals surface area contributed by atoms with Gasteiger partial charge in [0.15, 0.2) is 8.68 Å². The predicted molar refractivity (Wildman–Crippen MR) is 74.9 cm³/mol. The van der Waals surface area contributed by atoms with Crippen LogP contribution in [0.1, 0.15) is 19.8 Å². The van der Waals surface area contributed by atoms with Crippen LogP contribution in [-0.2, 0) is 4.79 Å². The van der Waals surface area contributed by atoms with Gasteiger partial charge < -0.3 is 5.32 Å². The number of rotatable bonds is 8. The molecule has 0 bridgehead atoms. The first-order valence-corrected chi connectivity index (χ1v) is 8.27. The molecule has 0 atom stereocenters. The Hall–Kier alpha value is -0.780. The van der Waals surface area contributed by atoms with Gasteiger partial charge in [-0.15, -0.1) is 10.2 Å². The van der Waals surface area contributed by atoms with E-state index in [1.165, 1.54) is 23.1 Å². The molecular weight excluding hydrogens is 288 g/mol. The molecule has 0 aliphatic heterocycles. The molecule has 0 aromatic carbocycles. The highest BCUT2D eigenvalue weighted by atomic mass is 32.2. The summed E-state index contributed by atoms with van der Waals surface area (Å²) in [4.78, 5) is 11.4. The van der Waals surface area contributed by atoms with Crippen molar-refractivity contribution in [1.29, 1.82) is 5.26 Å². The van der Waals surface area contributed by atoms with Crippen molar-refractivity contribution in [2.75, 3.05) is 18.1 Å². The molecule has 0 saturated heterocycles. The van der Waals surface area contributed by atoms with E-state index in [0.717, 1.165) is 20.9 Å². The molecule has 18 heavy (non-hydrogen) atoms. The van der Waals surface area contributed by atoms with Gasteiger partial charge in [-0.25, -0.2) is 0 Å². The minimum atomic E-state index is -0.0757. The molecule has 0 aliphatic rings. The molecule has 98 valence electrons. The topological polar surface area (TPSA) is 78.7 Å². The van der Waals surface area contributed by atoms with Gasteiger partial charge in [0.25, 0.3) is 0 Å². The van der Waals surface area contributed by atoms with E-state index in [9.17, 15) is 4.79 Å². The van der Waals surface area contributed by atoms with E-state index in [-0.39, 0.29) is 5.91 Å². The Morgan fingerprint density at radius 1 is 1.44 bits per heavy atom. The summed E-state index contributed by atoms with van der Waals surface area (Å²) in [6.45, 7) is 2.53. The van der Waals surface area contributed by atoms with Crippen LogP contribution in [0.4, 0.5) is 0 Å². The van der Waals surface area contributed by atoms with Crippen molar-refractivity contribution in [2.45, 2.75) is 28.4 Å². The lowest BCUT2D eigenvalue weighted by atomic mass is 10.4. The Morgan fingerprint density at radius 2 is 2.17 bits per heavy atom. The van der Waals surface area contributed by atoms with Crippen LogP contribution in [0.15, 0.2) is 8.68 Å². The number of nitrogens with zero attached hydrogens (tertiary/aromatic N) is 3. The number of nitrogens with one attached hydrogen (secondary N) is 1. The lowest BCUT2D eigenvalue weighted by Gasteiger charge is -1.99. The van der Waals surface area contributed by atoms with Crippen LogP contribution in [-0.4, -0.2) is 34.2 Å². The minimum absolute atomic E-state index is 0.0757. The Kier molecular flexibility index (Phi) is 7.80. The number of carbonyl (C=O) groups is 1. The summed E-state index contributed by atoms with van der Waals surface area (Å²) in [5, 5.41) is 19.1. The predicted octanol–water partition coefficient (Wildman–Crippen LogP) is 2.16. The second-order valence-corrected chi connectivity index (χ2v) is 6.77. The average Bonchev–Trinajstić information content (AvgIpc) is 2.82. The largest absolute Gasteiger partial charge is 0.354 e. The summed E-state index contributed by atoms with van der Waals surface area (Å²) in [6.07, 6.45) is 1.45. The van der Waals surface area contributed by atoms with Crippen molar-refractivity contribution >= 4 is 40.8 Å². The van der Waals surface area contributed by atoms with Crippen LogP contribution in [0.2, 0.25) is 0 Å². The van der Waals surface area contributed by atoms with Crippen molar-refractivity contribution in [3.63, 3.8) is 0 Å². The smallest absolute Gasteiger partial charge is 0.230 e. The summed E-state index contributed by atoms with van der Waals surface area (Å²) in [6, 6.07) is 1.98. The van der Waals surface area contributed by atoms with E-state index in [4.69, 9.17) is 5.26 Å². The first-order chi connectivity index (χ1) is 8.76. The third-order valence-electron chi connectivity index (χ3n) is 1.70. The molecule has 1 heterocycles. The monoisotopic (exact) mass is 302 g/mol. The van der Waals surface area contributed by atoms with Gasteiger partial charge in [0.1, 0.15) is 0 Å². The molecule has 0 saturated carbocycles. The zero-order valence-electron chi connectivity index (χ0n) is 10.0. The van der Waals surface area contributed by atoms with E-state index >= 15 is 0 Å². The SMILES string of the molecule is CCCSc1nnc(SCC(=O)NCCC#N)s1. The molecular formula is C10H14N4OS3. The Morgan fingerprint density at radius 3 is 2.83 bits per heavy atom. The van der Waals surface area contributed by atoms with Gasteiger partial charge in [-0.05, 0) is 6.42 Å². The zero-order chi connectivity index (χ0) is 13.2. The molecule has 1 N–H and O–H groups in total. The van der Waals surface area contributed by atoms with E-state index < -0.39 is 0 Å². The van der Waals surface area contributed by atoms with Crippen molar-refractivity contribution in [1.82, 2.24) is 15.5 Å². The van der Waals surface area contributed by atoms with E-state index in [0.29, 0.717) is 18.7 Å². The van der Waals surface area contributed by atoms with Gasteiger partial charge in [0.05, 0.1) is 18.2 Å². The summed E-state index contributed by atoms with van der Waals surface area (Å²) >= 11 is 4.58. The van der Waals surface area contributed by atoms with Crippen molar-refractivity contribution < 1.29 is 4.79 Å². The molecule has 0 aliphatic carbocycles. The van der Waals surface area contributed by atoms with Crippen LogP contribution in [0.25, 0.3) is 0 Å². The van der Waals surface area contributed by atoms with Gasteiger partial charge >= 0.3 is 0 Å². The normalized spacial score (nSPS) is 10.0. The fourth-order valence-corrected chi connectivity index (χ4v) is 3.71. The highest BCUT2D eigenvalue weighted by Crippen LogP contribution is 2.28. The number of aromatic nitrogens is 2. The molecule has 0 fully saturated rings. The summed E-state index contributed by atoms with van der Waals surface area (Å²) < 4.78 is 1.76. The van der Waals surface area contributed by atoms with Crippen molar-refractivity contribution in [3.05, 3.63) is 0 Å². The fraction of sp³-hybridized carbons (Fsp3) is 0.600. The second kappa shape index (κ2) is 9.19. The summed E-state index contributed by atoms with van der Waals surface area (Å²) in [5.41, 5.74) is 0. The van der Waals surface area contributed by atoms with Gasteiger partial charge in [0, 0.05) is 12.3 Å². The van der Waals surface area contributed by atoms with Crippen LogP contribution in [0.5, 0.6) is 0 Å². The second-order valence-electron chi connectivity index (χ2n) is 3.23. The Labute approximate surface area is 119 Å². The Balaban J connectivity index is 2.24. The average molecular weight is 302 g/mol. The molecule has 5 nitrogen and oxygen atoms in total. The van der Waals surface area contributed by atoms with Crippen LogP contribution >= 0.6 is 34.9 Å². The number of thioether (sulfide) groups is 2. The molecule has 0 unspecified atom stereocenters. The molecule has 1 aromatic heterocycles. The van der Waals surface area contributed by atoms with E-state index in [2.05, 4.69) is 22.4 Å². The van der Waals surface area contributed by atoms with Crippen LogP contribution in [0, 0.1) is 11.3 Å². The summed E-state index contributed by atoms with van der Waals surface area (Å²) in [5.74, 6) is 1.28. The lowest BCUT2D eigenvalue weighted by Crippen LogP contribution is -2.25. The fourth-order valence-electron chi connectivity index (χ4n) is 0.939. The maximum absolute atomic E-state index is 11.4. The Bertz CT molecular complexity index is 416. The van der Waals surface area contributed by atoms with Gasteiger partial charge in [-0.1, -0.05) is 41.8 Å². The van der Waals surface area contributed by atoms with E-state index in [1.807, 2.05) is 6.07 Å². The van der Waals surface area contributed by atoms with Crippen LogP contribution < -0.4 is 5.32 Å². The molecule has 8 heteroatoms. The van der Waals surface area contributed by atoms with Crippen molar-refractivity contribution in [2.24, 2.45) is 0 Å². The standard InChI is InChI=1S/C10H14N4OS3/c1-2-6-16-9-13-14-10(18-9)17-7-8(15)12-5-3-4-11/h2-3,5-7H2,1H3,(H,12,15). The number of hydrogen-bond acceptors (Lipinski definition) is 7. The third-order valence-corrected chi connectivity index (χ3v) is 5.10. The van der Waals surface area contributed by atoms with Gasteiger partial charge in [-0.3, -0.25) is 4.79 Å². The molecule has 1 amide bonds. The maximum atomic E-state index is 11.4. The van der Waals surface area contributed by atoms with Crippen LogP contribution in [0.3, 0.4) is 0 Å². The molecule has 0 spiro atoms. The minimum Gasteiger partial charge on any atom is -0.354 e. The highest BCUT2D eigenvalue weighted by Gasteiger charge is 2.07. The quantitative estimate of drug-likeness (QED) is 0.585.